The number of nitrogens with zero attached hydrogens (tertiary/aromatic N) is 3. The van der Waals surface area contributed by atoms with E-state index in [1.807, 2.05) is 43.3 Å². The number of carbonyl (C=O) groups excluding carboxylic acids is 2. The quantitative estimate of drug-likeness (QED) is 0.844. The summed E-state index contributed by atoms with van der Waals surface area (Å²) in [6, 6.07) is 7.79. The number of methoxy groups -OCH3 is 1. The minimum absolute atomic E-state index is 0.00704. The van der Waals surface area contributed by atoms with Crippen molar-refractivity contribution in [1.82, 2.24) is 15.2 Å². The van der Waals surface area contributed by atoms with E-state index in [1.54, 1.807) is 14.2 Å². The summed E-state index contributed by atoms with van der Waals surface area (Å²) in [5.74, 6) is 0.473. The highest BCUT2D eigenvalue weighted by Crippen LogP contribution is 2.22. The predicted molar refractivity (Wildman–Crippen MR) is 91.9 cm³/mol. The largest absolute Gasteiger partial charge is 0.497 e. The third-order valence-corrected chi connectivity index (χ3v) is 4.03. The molecule has 0 fully saturated rings. The number of likely N-dealkylation sites (N-methyl/N-ethyl adjacent to an activating group) is 1. The summed E-state index contributed by atoms with van der Waals surface area (Å²) >= 11 is 0. The van der Waals surface area contributed by atoms with E-state index in [1.165, 1.54) is 5.01 Å². The zero-order chi connectivity index (χ0) is 17.7. The first-order chi connectivity index (χ1) is 11.4. The van der Waals surface area contributed by atoms with Crippen molar-refractivity contribution in [3.63, 3.8) is 0 Å². The van der Waals surface area contributed by atoms with Gasteiger partial charge in [0.2, 0.25) is 5.91 Å². The molecule has 1 aliphatic rings. The van der Waals surface area contributed by atoms with Gasteiger partial charge in [-0.3, -0.25) is 9.59 Å². The molecule has 0 radical (unpaired) electrons. The van der Waals surface area contributed by atoms with Crippen LogP contribution in [-0.4, -0.2) is 62.2 Å². The molecule has 2 rings (SSSR count). The number of hydrogen-bond acceptors (Lipinski definition) is 5. The number of hydrazone groups is 1. The van der Waals surface area contributed by atoms with Gasteiger partial charge in [-0.05, 0) is 31.8 Å². The zero-order valence-electron chi connectivity index (χ0n) is 14.6. The minimum Gasteiger partial charge on any atom is -0.497 e. The van der Waals surface area contributed by atoms with Crippen LogP contribution < -0.4 is 10.1 Å². The lowest BCUT2D eigenvalue weighted by atomic mass is 10.1. The molecule has 7 heteroatoms. The summed E-state index contributed by atoms with van der Waals surface area (Å²) in [4.78, 5) is 25.8. The van der Waals surface area contributed by atoms with E-state index >= 15 is 0 Å². The van der Waals surface area contributed by atoms with Gasteiger partial charge >= 0.3 is 0 Å². The highest BCUT2D eigenvalue weighted by Gasteiger charge is 2.23. The highest BCUT2D eigenvalue weighted by atomic mass is 16.5. The summed E-state index contributed by atoms with van der Waals surface area (Å²) < 4.78 is 5.26. The second kappa shape index (κ2) is 7.92. The van der Waals surface area contributed by atoms with Gasteiger partial charge in [-0.2, -0.15) is 5.10 Å². The molecule has 0 unspecified atom stereocenters. The van der Waals surface area contributed by atoms with E-state index in [0.29, 0.717) is 25.1 Å². The first-order valence-corrected chi connectivity index (χ1v) is 7.85. The Balaban J connectivity index is 2.05. The second-order valence-electron chi connectivity index (χ2n) is 5.93. The molecule has 0 saturated heterocycles. The third-order valence-electron chi connectivity index (χ3n) is 4.03. The van der Waals surface area contributed by atoms with E-state index < -0.39 is 0 Å². The van der Waals surface area contributed by atoms with E-state index in [4.69, 9.17) is 4.74 Å². The molecular formula is C17H24N4O3. The van der Waals surface area contributed by atoms with Gasteiger partial charge < -0.3 is 15.0 Å². The molecule has 1 aromatic rings. The Hall–Kier alpha value is -2.41. The summed E-state index contributed by atoms with van der Waals surface area (Å²) in [6.45, 7) is 0.440. The van der Waals surface area contributed by atoms with E-state index in [-0.39, 0.29) is 17.9 Å². The summed E-state index contributed by atoms with van der Waals surface area (Å²) in [5.41, 5.74) is 1.44. The van der Waals surface area contributed by atoms with Gasteiger partial charge in [-0.1, -0.05) is 12.1 Å². The fourth-order valence-corrected chi connectivity index (χ4v) is 2.57. The lowest BCUT2D eigenvalue weighted by molar-refractivity contribution is -0.130. The van der Waals surface area contributed by atoms with Crippen LogP contribution in [0.3, 0.4) is 0 Å². The normalized spacial score (nSPS) is 16.0. The molecule has 0 bridgehead atoms. The van der Waals surface area contributed by atoms with Crippen molar-refractivity contribution >= 4 is 17.5 Å². The molecule has 1 aliphatic heterocycles. The van der Waals surface area contributed by atoms with Crippen LogP contribution >= 0.6 is 0 Å². The molecule has 1 N–H and O–H groups in total. The predicted octanol–water partition coefficient (Wildman–Crippen LogP) is 1.02. The Kier molecular flexibility index (Phi) is 5.92. The van der Waals surface area contributed by atoms with Gasteiger partial charge in [-0.25, -0.2) is 5.01 Å². The van der Waals surface area contributed by atoms with Crippen LogP contribution in [-0.2, 0) is 9.59 Å². The number of amides is 2. The number of benzene rings is 1. The maximum Gasteiger partial charge on any atom is 0.267 e. The summed E-state index contributed by atoms with van der Waals surface area (Å²) in [7, 11) is 7.11. The standard InChI is InChI=1S/C17H24N4O3/c1-20(2)15(12-6-5-7-13(10-12)24-4)11-18-17(23)14-8-9-16(22)21(3)19-14/h5-7,10,15H,8-9,11H2,1-4H3,(H,18,23)/t15-/m1/s1. The Morgan fingerprint density at radius 2 is 2.17 bits per heavy atom. The number of rotatable bonds is 6. The monoisotopic (exact) mass is 332 g/mol. The second-order valence-corrected chi connectivity index (χ2v) is 5.93. The molecule has 7 nitrogen and oxygen atoms in total. The lowest BCUT2D eigenvalue weighted by Gasteiger charge is -2.26. The van der Waals surface area contributed by atoms with Crippen LogP contribution in [0.1, 0.15) is 24.4 Å². The number of hydrogen-bond donors (Lipinski definition) is 1. The first-order valence-electron chi connectivity index (χ1n) is 7.85. The van der Waals surface area contributed by atoms with Gasteiger partial charge in [0.15, 0.2) is 0 Å². The van der Waals surface area contributed by atoms with Crippen molar-refractivity contribution in [3.8, 4) is 5.75 Å². The molecule has 0 aliphatic carbocycles. The Morgan fingerprint density at radius 1 is 1.42 bits per heavy atom. The average Bonchev–Trinajstić information content (AvgIpc) is 2.57. The Morgan fingerprint density at radius 3 is 2.79 bits per heavy atom. The van der Waals surface area contributed by atoms with Gasteiger partial charge in [0.05, 0.1) is 13.2 Å². The fourth-order valence-electron chi connectivity index (χ4n) is 2.57. The van der Waals surface area contributed by atoms with Crippen LogP contribution in [0.4, 0.5) is 0 Å². The highest BCUT2D eigenvalue weighted by molar-refractivity contribution is 6.39. The molecule has 0 aromatic heterocycles. The maximum absolute atomic E-state index is 12.3. The SMILES string of the molecule is COc1cccc([C@@H](CNC(=O)C2=NN(C)C(=O)CC2)N(C)C)c1. The van der Waals surface area contributed by atoms with Gasteiger partial charge in [0.25, 0.3) is 5.91 Å². The molecule has 1 heterocycles. The van der Waals surface area contributed by atoms with E-state index in [9.17, 15) is 9.59 Å². The topological polar surface area (TPSA) is 74.2 Å². The van der Waals surface area contributed by atoms with Crippen molar-refractivity contribution in [2.75, 3.05) is 34.8 Å². The molecule has 130 valence electrons. The number of carbonyl (C=O) groups is 2. The van der Waals surface area contributed by atoms with E-state index in [0.717, 1.165) is 11.3 Å². The Bertz CT molecular complexity index is 642. The van der Waals surface area contributed by atoms with Gasteiger partial charge in [0, 0.05) is 26.4 Å². The van der Waals surface area contributed by atoms with Crippen LogP contribution in [0.5, 0.6) is 5.75 Å². The number of ether oxygens (including phenoxy) is 1. The third kappa shape index (κ3) is 4.32. The van der Waals surface area contributed by atoms with Crippen molar-refractivity contribution in [2.24, 2.45) is 5.10 Å². The van der Waals surface area contributed by atoms with Gasteiger partial charge in [-0.15, -0.1) is 0 Å². The zero-order valence-corrected chi connectivity index (χ0v) is 14.6. The molecule has 2 amide bonds. The fraction of sp³-hybridized carbons (Fsp3) is 0.471. The van der Waals surface area contributed by atoms with Crippen molar-refractivity contribution in [1.29, 1.82) is 0 Å². The Labute approximate surface area is 142 Å². The molecule has 1 aromatic carbocycles. The first kappa shape index (κ1) is 17.9. The molecular weight excluding hydrogens is 308 g/mol. The van der Waals surface area contributed by atoms with Crippen LogP contribution in [0.25, 0.3) is 0 Å². The van der Waals surface area contributed by atoms with Crippen LogP contribution in [0.15, 0.2) is 29.4 Å². The van der Waals surface area contributed by atoms with Gasteiger partial charge in [0.1, 0.15) is 11.5 Å². The molecule has 0 spiro atoms. The smallest absolute Gasteiger partial charge is 0.267 e. The average molecular weight is 332 g/mol. The number of nitrogens with one attached hydrogen (secondary N) is 1. The van der Waals surface area contributed by atoms with Crippen molar-refractivity contribution in [3.05, 3.63) is 29.8 Å². The summed E-state index contributed by atoms with van der Waals surface area (Å²) in [5, 5.41) is 8.18. The minimum atomic E-state index is -0.232. The summed E-state index contributed by atoms with van der Waals surface area (Å²) in [6.07, 6.45) is 0.691. The maximum atomic E-state index is 12.3. The van der Waals surface area contributed by atoms with E-state index in [2.05, 4.69) is 10.4 Å². The van der Waals surface area contributed by atoms with Crippen LogP contribution in [0.2, 0.25) is 0 Å². The van der Waals surface area contributed by atoms with Crippen molar-refractivity contribution < 1.29 is 14.3 Å². The van der Waals surface area contributed by atoms with Crippen molar-refractivity contribution in [2.45, 2.75) is 18.9 Å². The molecule has 0 saturated carbocycles. The molecule has 24 heavy (non-hydrogen) atoms. The van der Waals surface area contributed by atoms with Crippen LogP contribution in [0, 0.1) is 0 Å². The molecule has 1 atom stereocenters. The lowest BCUT2D eigenvalue weighted by Crippen LogP contribution is -2.41.